The van der Waals surface area contributed by atoms with E-state index in [0.717, 1.165) is 35.1 Å². The van der Waals surface area contributed by atoms with Gasteiger partial charge in [-0.25, -0.2) is 9.50 Å². The van der Waals surface area contributed by atoms with Gasteiger partial charge in [0.2, 0.25) is 0 Å². The molecule has 2 amide bonds. The molecule has 0 unspecified atom stereocenters. The number of nitrogen functional groups attached to an aromatic ring is 1. The van der Waals surface area contributed by atoms with Gasteiger partial charge in [0.15, 0.2) is 11.5 Å². The van der Waals surface area contributed by atoms with E-state index in [0.29, 0.717) is 23.8 Å². The van der Waals surface area contributed by atoms with Gasteiger partial charge in [0.25, 0.3) is 11.8 Å². The number of carbonyl (C=O) groups is 2. The van der Waals surface area contributed by atoms with Gasteiger partial charge in [-0.1, -0.05) is 0 Å². The van der Waals surface area contributed by atoms with Gasteiger partial charge in [-0.05, 0) is 80.7 Å². The zero-order valence-corrected chi connectivity index (χ0v) is 20.0. The van der Waals surface area contributed by atoms with Crippen LogP contribution in [0.25, 0.3) is 16.9 Å². The summed E-state index contributed by atoms with van der Waals surface area (Å²) in [5.41, 5.74) is 11.1. The Kier molecular flexibility index (Phi) is 5.07. The molecule has 9 nitrogen and oxygen atoms in total. The van der Waals surface area contributed by atoms with Crippen molar-refractivity contribution in [3.8, 4) is 11.3 Å². The summed E-state index contributed by atoms with van der Waals surface area (Å²) in [6.45, 7) is 4.88. The fourth-order valence-corrected chi connectivity index (χ4v) is 5.58. The lowest BCUT2D eigenvalue weighted by atomic mass is 9.81. The normalized spacial score (nSPS) is 22.3. The molecule has 3 aromatic rings. The number of aliphatic hydroxyl groups excluding tert-OH is 1. The van der Waals surface area contributed by atoms with Crippen molar-refractivity contribution in [2.75, 3.05) is 12.3 Å². The minimum Gasteiger partial charge on any atom is -0.396 e. The molecule has 0 radical (unpaired) electrons. The van der Waals surface area contributed by atoms with Crippen molar-refractivity contribution < 1.29 is 14.7 Å². The number of benzene rings is 1. The van der Waals surface area contributed by atoms with Crippen LogP contribution in [0.2, 0.25) is 0 Å². The lowest BCUT2D eigenvalue weighted by molar-refractivity contribution is 0.0696. The number of aryl methyl sites for hydroxylation is 1. The van der Waals surface area contributed by atoms with Crippen molar-refractivity contribution in [2.24, 2.45) is 11.8 Å². The smallest absolute Gasteiger partial charge is 0.259 e. The number of aromatic nitrogens is 3. The van der Waals surface area contributed by atoms with Crippen molar-refractivity contribution in [3.05, 3.63) is 46.6 Å². The molecule has 1 aliphatic heterocycles. The van der Waals surface area contributed by atoms with E-state index in [2.05, 4.69) is 17.3 Å². The zero-order chi connectivity index (χ0) is 24.4. The molecule has 9 heteroatoms. The fraction of sp³-hybridized carbons (Fsp3) is 0.462. The van der Waals surface area contributed by atoms with E-state index in [1.807, 2.05) is 30.0 Å². The van der Waals surface area contributed by atoms with E-state index in [4.69, 9.17) is 10.7 Å². The van der Waals surface area contributed by atoms with Crippen LogP contribution < -0.4 is 11.1 Å². The summed E-state index contributed by atoms with van der Waals surface area (Å²) in [5.74, 6) is 0.802. The van der Waals surface area contributed by atoms with Crippen LogP contribution in [0.3, 0.4) is 0 Å². The van der Waals surface area contributed by atoms with Gasteiger partial charge in [0.05, 0.1) is 5.69 Å². The third-order valence-electron chi connectivity index (χ3n) is 7.89. The van der Waals surface area contributed by atoms with Crippen LogP contribution in [0.4, 0.5) is 5.82 Å². The summed E-state index contributed by atoms with van der Waals surface area (Å²) in [7, 11) is 0. The van der Waals surface area contributed by atoms with Gasteiger partial charge in [0, 0.05) is 42.6 Å². The molecule has 3 heterocycles. The second-order valence-corrected chi connectivity index (χ2v) is 10.4. The van der Waals surface area contributed by atoms with Gasteiger partial charge in [-0.15, -0.1) is 5.10 Å². The van der Waals surface area contributed by atoms with Gasteiger partial charge in [-0.2, -0.15) is 0 Å². The van der Waals surface area contributed by atoms with Gasteiger partial charge in [-0.3, -0.25) is 9.59 Å². The van der Waals surface area contributed by atoms with Crippen LogP contribution in [-0.2, 0) is 6.54 Å². The number of rotatable bonds is 6. The summed E-state index contributed by atoms with van der Waals surface area (Å²) in [4.78, 5) is 32.9. The van der Waals surface area contributed by atoms with E-state index in [-0.39, 0.29) is 47.8 Å². The predicted molar refractivity (Wildman–Crippen MR) is 131 cm³/mol. The average Bonchev–Trinajstić information content (AvgIpc) is 3.52. The first-order valence-corrected chi connectivity index (χ1v) is 12.4. The highest BCUT2D eigenvalue weighted by atomic mass is 16.3. The number of hydrogen-bond acceptors (Lipinski definition) is 6. The number of nitrogens with one attached hydrogen (secondary N) is 1. The Morgan fingerprint density at radius 2 is 2.09 bits per heavy atom. The minimum atomic E-state index is -0.302. The molecule has 0 bridgehead atoms. The molecule has 4 N–H and O–H groups in total. The van der Waals surface area contributed by atoms with Crippen LogP contribution in [0.5, 0.6) is 0 Å². The first kappa shape index (κ1) is 22.0. The Morgan fingerprint density at radius 3 is 2.80 bits per heavy atom. The van der Waals surface area contributed by atoms with Crippen LogP contribution in [-0.4, -0.2) is 55.1 Å². The monoisotopic (exact) mass is 474 g/mol. The van der Waals surface area contributed by atoms with Gasteiger partial charge < -0.3 is 21.1 Å². The maximum atomic E-state index is 13.1. The second kappa shape index (κ2) is 8.05. The molecule has 6 rings (SSSR count). The molecule has 0 saturated heterocycles. The van der Waals surface area contributed by atoms with Crippen LogP contribution in [0.1, 0.15) is 64.4 Å². The number of carbonyl (C=O) groups excluding carboxylic acids is 2. The molecule has 182 valence electrons. The highest BCUT2D eigenvalue weighted by Crippen LogP contribution is 2.39. The molecule has 2 aromatic heterocycles. The number of nitrogens with zero attached hydrogens (tertiary/aromatic N) is 4. The quantitative estimate of drug-likeness (QED) is 0.504. The molecular formula is C26H30N6O3. The number of anilines is 1. The van der Waals surface area contributed by atoms with Crippen molar-refractivity contribution in [3.63, 3.8) is 0 Å². The third-order valence-corrected chi connectivity index (χ3v) is 7.89. The SMILES string of the molecule is Cc1cc(-c2ccn3nc(N)c(C(=O)N[C@H]4C[C@H](CO)C4)c3n2)cc2c1C(=O)N([C@@H](C)C1CC1)C2. The third kappa shape index (κ3) is 3.65. The summed E-state index contributed by atoms with van der Waals surface area (Å²) in [6.07, 6.45) is 5.66. The van der Waals surface area contributed by atoms with E-state index in [1.54, 1.807) is 6.20 Å². The first-order valence-electron chi connectivity index (χ1n) is 12.4. The fourth-order valence-electron chi connectivity index (χ4n) is 5.58. The molecule has 0 spiro atoms. The Balaban J connectivity index is 1.31. The second-order valence-electron chi connectivity index (χ2n) is 10.4. The van der Waals surface area contributed by atoms with Crippen molar-refractivity contribution in [1.82, 2.24) is 24.8 Å². The van der Waals surface area contributed by atoms with Crippen LogP contribution >= 0.6 is 0 Å². The minimum absolute atomic E-state index is 0.0232. The number of aliphatic hydroxyl groups is 1. The molecule has 2 saturated carbocycles. The van der Waals surface area contributed by atoms with E-state index in [1.165, 1.54) is 17.4 Å². The van der Waals surface area contributed by atoms with E-state index in [9.17, 15) is 14.7 Å². The van der Waals surface area contributed by atoms with Crippen LogP contribution in [0.15, 0.2) is 24.4 Å². The van der Waals surface area contributed by atoms with E-state index >= 15 is 0 Å². The Hall–Kier alpha value is -3.46. The number of amides is 2. The summed E-state index contributed by atoms with van der Waals surface area (Å²) >= 11 is 0. The largest absolute Gasteiger partial charge is 0.396 e. The Morgan fingerprint density at radius 1 is 1.31 bits per heavy atom. The average molecular weight is 475 g/mol. The Bertz CT molecular complexity index is 1350. The molecule has 1 atom stereocenters. The number of nitrogens with two attached hydrogens (primary N) is 1. The standard InChI is InChI=1S/C26H30N6O3/c1-13-7-17(10-18-11-31(26(35)21(13)18)14(2)16-3-4-16)20-5-6-32-24(29-20)22(23(27)30-32)25(34)28-19-8-15(9-19)12-33/h5-7,10,14-16,19,33H,3-4,8-9,11-12H2,1-2H3,(H2,27,30)(H,28,34)/t14-,15-,19-/m0/s1. The molecule has 35 heavy (non-hydrogen) atoms. The Labute approximate surface area is 203 Å². The highest BCUT2D eigenvalue weighted by molar-refractivity contribution is 6.04. The first-order chi connectivity index (χ1) is 16.8. The predicted octanol–water partition coefficient (Wildman–Crippen LogP) is 2.54. The maximum absolute atomic E-state index is 13.1. The molecule has 2 aliphatic carbocycles. The van der Waals surface area contributed by atoms with Crippen molar-refractivity contribution in [1.29, 1.82) is 0 Å². The molecule has 3 aliphatic rings. The lowest BCUT2D eigenvalue weighted by Crippen LogP contribution is -2.45. The highest BCUT2D eigenvalue weighted by Gasteiger charge is 2.39. The van der Waals surface area contributed by atoms with Gasteiger partial charge in [0.1, 0.15) is 5.56 Å². The topological polar surface area (TPSA) is 126 Å². The molecular weight excluding hydrogens is 444 g/mol. The van der Waals surface area contributed by atoms with Gasteiger partial charge >= 0.3 is 0 Å². The molecule has 2 fully saturated rings. The van der Waals surface area contributed by atoms with Crippen molar-refractivity contribution >= 4 is 23.3 Å². The summed E-state index contributed by atoms with van der Waals surface area (Å²) < 4.78 is 1.52. The van der Waals surface area contributed by atoms with E-state index < -0.39 is 0 Å². The summed E-state index contributed by atoms with van der Waals surface area (Å²) in [6, 6.07) is 6.16. The zero-order valence-electron chi connectivity index (χ0n) is 20.0. The van der Waals surface area contributed by atoms with Crippen molar-refractivity contribution in [2.45, 2.75) is 58.2 Å². The molecule has 1 aromatic carbocycles. The summed E-state index contributed by atoms with van der Waals surface area (Å²) in [5, 5.41) is 16.5. The lowest BCUT2D eigenvalue weighted by Gasteiger charge is -2.34. The number of fused-ring (bicyclic) bond motifs is 2. The number of hydrogen-bond donors (Lipinski definition) is 3. The maximum Gasteiger partial charge on any atom is 0.259 e. The van der Waals surface area contributed by atoms with Crippen LogP contribution in [0, 0.1) is 18.8 Å².